The predicted molar refractivity (Wildman–Crippen MR) is 148 cm³/mol. The quantitative estimate of drug-likeness (QED) is 0.254. The fraction of sp³-hybridized carbons (Fsp3) is 0.407. The Balaban J connectivity index is 1.48. The van der Waals surface area contributed by atoms with Gasteiger partial charge in [0.2, 0.25) is 0 Å². The van der Waals surface area contributed by atoms with E-state index in [-0.39, 0.29) is 12.0 Å². The zero-order valence-corrected chi connectivity index (χ0v) is 24.1. The van der Waals surface area contributed by atoms with Crippen LogP contribution in [0.5, 0.6) is 5.88 Å². The maximum atomic E-state index is 13.3. The number of nitrogens with zero attached hydrogens (tertiary/aromatic N) is 4. The zero-order valence-electron chi connectivity index (χ0n) is 21.4. The van der Waals surface area contributed by atoms with Crippen LogP contribution in [0, 0.1) is 0 Å². The average molecular weight is 582 g/mol. The summed E-state index contributed by atoms with van der Waals surface area (Å²) in [5.74, 6) is 0.294. The van der Waals surface area contributed by atoms with Gasteiger partial charge in [-0.1, -0.05) is 6.07 Å². The average Bonchev–Trinajstić information content (AvgIpc) is 3.69. The SMILES string of the molecule is CC[As](CC)C(C)CNC(=O)c1cc(OC2CCOC2)nc(-c2cnn3ccc(-c4cccs4)nc23)c1. The number of ether oxygens (including phenoxy) is 2. The van der Waals surface area contributed by atoms with Gasteiger partial charge in [-0.25, -0.2) is 0 Å². The molecule has 4 aromatic heterocycles. The molecule has 1 aliphatic heterocycles. The number of thiophene rings is 1. The van der Waals surface area contributed by atoms with E-state index in [4.69, 9.17) is 19.4 Å². The first-order valence-corrected chi connectivity index (χ1v) is 17.3. The minimum atomic E-state index is -0.931. The van der Waals surface area contributed by atoms with Crippen molar-refractivity contribution in [1.29, 1.82) is 0 Å². The summed E-state index contributed by atoms with van der Waals surface area (Å²) in [6.45, 7) is 8.67. The van der Waals surface area contributed by atoms with E-state index in [0.717, 1.165) is 22.6 Å². The first-order valence-electron chi connectivity index (χ1n) is 12.7. The van der Waals surface area contributed by atoms with Gasteiger partial charge in [-0.15, -0.1) is 11.3 Å². The Morgan fingerprint density at radius 3 is 2.86 bits per heavy atom. The number of nitrogens with one attached hydrogen (secondary N) is 1. The summed E-state index contributed by atoms with van der Waals surface area (Å²) in [7, 11) is 0. The number of rotatable bonds is 10. The molecule has 1 amide bonds. The van der Waals surface area contributed by atoms with Gasteiger partial charge in [0, 0.05) is 0 Å². The van der Waals surface area contributed by atoms with Crippen LogP contribution in [0.3, 0.4) is 0 Å². The summed E-state index contributed by atoms with van der Waals surface area (Å²) < 4.78 is 13.9. The van der Waals surface area contributed by atoms with E-state index >= 15 is 0 Å². The van der Waals surface area contributed by atoms with Gasteiger partial charge in [0.25, 0.3) is 0 Å². The fourth-order valence-corrected chi connectivity index (χ4v) is 9.52. The summed E-state index contributed by atoms with van der Waals surface area (Å²) in [6, 6.07) is 9.54. The molecule has 194 valence electrons. The van der Waals surface area contributed by atoms with Crippen LogP contribution in [-0.4, -0.2) is 66.0 Å². The Morgan fingerprint density at radius 1 is 1.27 bits per heavy atom. The van der Waals surface area contributed by atoms with Gasteiger partial charge < -0.3 is 0 Å². The van der Waals surface area contributed by atoms with Crippen LogP contribution in [0.2, 0.25) is 15.1 Å². The molecular formula is C27H32AsN5O3S. The van der Waals surface area contributed by atoms with Gasteiger partial charge in [-0.2, -0.15) is 0 Å². The Labute approximate surface area is 225 Å². The summed E-state index contributed by atoms with van der Waals surface area (Å²) in [5.41, 5.74) is 3.43. The third-order valence-corrected chi connectivity index (χ3v) is 14.0. The first kappa shape index (κ1) is 25.9. The first-order chi connectivity index (χ1) is 18.1. The van der Waals surface area contributed by atoms with E-state index < -0.39 is 14.7 Å². The number of carbonyl (C=O) groups is 1. The van der Waals surface area contributed by atoms with Crippen molar-refractivity contribution < 1.29 is 14.3 Å². The van der Waals surface area contributed by atoms with Crippen LogP contribution in [0.15, 0.2) is 48.1 Å². The molecular weight excluding hydrogens is 549 g/mol. The van der Waals surface area contributed by atoms with E-state index in [9.17, 15) is 4.79 Å². The Bertz CT molecular complexity index is 1350. The van der Waals surface area contributed by atoms with E-state index in [1.165, 1.54) is 10.4 Å². The molecule has 2 unspecified atom stereocenters. The van der Waals surface area contributed by atoms with E-state index in [1.807, 2.05) is 35.8 Å². The number of aromatic nitrogens is 4. The van der Waals surface area contributed by atoms with E-state index in [0.29, 0.717) is 47.2 Å². The Morgan fingerprint density at radius 2 is 2.14 bits per heavy atom. The second-order valence-electron chi connectivity index (χ2n) is 9.08. The van der Waals surface area contributed by atoms with Crippen molar-refractivity contribution in [2.24, 2.45) is 0 Å². The molecule has 5 heterocycles. The third-order valence-electron chi connectivity index (χ3n) is 6.65. The van der Waals surface area contributed by atoms with Gasteiger partial charge in [0.15, 0.2) is 0 Å². The summed E-state index contributed by atoms with van der Waals surface area (Å²) in [5, 5.41) is 12.2. The molecule has 37 heavy (non-hydrogen) atoms. The molecule has 1 saturated heterocycles. The second kappa shape index (κ2) is 11.8. The summed E-state index contributed by atoms with van der Waals surface area (Å²) in [6.07, 6.45) is 4.36. The summed E-state index contributed by atoms with van der Waals surface area (Å²) >= 11 is 0.707. The van der Waals surface area contributed by atoms with Gasteiger partial charge in [0.05, 0.1) is 0 Å². The van der Waals surface area contributed by atoms with Crippen LogP contribution >= 0.6 is 11.3 Å². The van der Waals surface area contributed by atoms with Crippen molar-refractivity contribution in [2.75, 3.05) is 19.8 Å². The molecule has 4 aromatic rings. The van der Waals surface area contributed by atoms with Crippen molar-refractivity contribution >= 4 is 37.5 Å². The molecule has 2 atom stereocenters. The molecule has 0 aromatic carbocycles. The van der Waals surface area contributed by atoms with Crippen LogP contribution in [0.4, 0.5) is 0 Å². The third kappa shape index (κ3) is 5.89. The number of carbonyl (C=O) groups excluding carboxylic acids is 1. The van der Waals surface area contributed by atoms with Crippen molar-refractivity contribution in [3.63, 3.8) is 0 Å². The number of hydrogen-bond donors (Lipinski definition) is 1. The topological polar surface area (TPSA) is 90.6 Å². The molecule has 1 N–H and O–H groups in total. The van der Waals surface area contributed by atoms with Crippen LogP contribution in [-0.2, 0) is 4.74 Å². The van der Waals surface area contributed by atoms with Crippen LogP contribution < -0.4 is 10.1 Å². The molecule has 5 rings (SSSR count). The molecule has 10 heteroatoms. The number of hydrogen-bond acceptors (Lipinski definition) is 7. The molecule has 1 aliphatic rings. The normalized spacial score (nSPS) is 16.4. The minimum absolute atomic E-state index is 0.0766. The monoisotopic (exact) mass is 581 g/mol. The molecule has 0 aliphatic carbocycles. The molecule has 0 radical (unpaired) electrons. The Hall–Kier alpha value is -2.74. The summed E-state index contributed by atoms with van der Waals surface area (Å²) in [4.78, 5) is 24.0. The van der Waals surface area contributed by atoms with E-state index in [1.54, 1.807) is 28.1 Å². The van der Waals surface area contributed by atoms with Crippen molar-refractivity contribution in [3.05, 3.63) is 53.7 Å². The van der Waals surface area contributed by atoms with Gasteiger partial charge in [0.1, 0.15) is 0 Å². The number of fused-ring (bicyclic) bond motifs is 1. The Kier molecular flexibility index (Phi) is 8.23. The van der Waals surface area contributed by atoms with Crippen molar-refractivity contribution in [3.8, 4) is 27.7 Å². The van der Waals surface area contributed by atoms with Gasteiger partial charge in [-0.3, -0.25) is 0 Å². The predicted octanol–water partition coefficient (Wildman–Crippen LogP) is 5.34. The molecule has 0 bridgehead atoms. The second-order valence-corrected chi connectivity index (χ2v) is 17.0. The maximum absolute atomic E-state index is 13.3. The molecule has 1 fully saturated rings. The van der Waals surface area contributed by atoms with Crippen molar-refractivity contribution in [1.82, 2.24) is 24.9 Å². The van der Waals surface area contributed by atoms with Crippen molar-refractivity contribution in [2.45, 2.75) is 48.4 Å². The fourth-order valence-electron chi connectivity index (χ4n) is 4.54. The molecule has 0 saturated carbocycles. The van der Waals surface area contributed by atoms with Crippen LogP contribution in [0.25, 0.3) is 27.5 Å². The number of pyridine rings is 1. The molecule has 0 spiro atoms. The van der Waals surface area contributed by atoms with Gasteiger partial charge in [-0.05, 0) is 11.4 Å². The van der Waals surface area contributed by atoms with Gasteiger partial charge >= 0.3 is 197 Å². The zero-order chi connectivity index (χ0) is 25.8. The molecule has 8 nitrogen and oxygen atoms in total. The standard InChI is InChI=1S/C27H32AsN5O3S/c1-4-28(5-2)18(3)15-29-27(34)19-13-23(31-25(14-19)36-20-9-11-35-17-20)21-16-30-33-10-8-22(32-26(21)33)24-7-6-12-37-24/h6-8,10,12-14,16,18,20H,4-5,9,11,15,17H2,1-3H3,(H,29,34). The van der Waals surface area contributed by atoms with Crippen LogP contribution in [0.1, 0.15) is 37.6 Å². The van der Waals surface area contributed by atoms with E-state index in [2.05, 4.69) is 31.2 Å². The number of amides is 1.